The molecule has 5 heteroatoms. The van der Waals surface area contributed by atoms with Gasteiger partial charge in [0.05, 0.1) is 12.8 Å². The highest BCUT2D eigenvalue weighted by molar-refractivity contribution is 7.15. The molecule has 0 spiro atoms. The van der Waals surface area contributed by atoms with Gasteiger partial charge in [0.2, 0.25) is 0 Å². The first-order valence-electron chi connectivity index (χ1n) is 7.85. The molecule has 2 aromatic rings. The van der Waals surface area contributed by atoms with Gasteiger partial charge in [0, 0.05) is 30.0 Å². The Morgan fingerprint density at radius 3 is 3.09 bits per heavy atom. The largest absolute Gasteiger partial charge is 0.497 e. The van der Waals surface area contributed by atoms with Gasteiger partial charge in [0.1, 0.15) is 10.8 Å². The van der Waals surface area contributed by atoms with Crippen molar-refractivity contribution in [2.45, 2.75) is 25.8 Å². The van der Waals surface area contributed by atoms with Crippen molar-refractivity contribution in [1.29, 1.82) is 0 Å². The fourth-order valence-electron chi connectivity index (χ4n) is 2.80. The molecular weight excluding hydrogens is 294 g/mol. The molecule has 4 nitrogen and oxygen atoms in total. The zero-order chi connectivity index (χ0) is 15.4. The van der Waals surface area contributed by atoms with E-state index in [1.807, 2.05) is 23.5 Å². The Hall–Kier alpha value is -1.43. The summed E-state index contributed by atoms with van der Waals surface area (Å²) in [7, 11) is 1.70. The minimum atomic E-state index is 0.791. The van der Waals surface area contributed by atoms with E-state index in [2.05, 4.69) is 17.0 Å². The minimum absolute atomic E-state index is 0.791. The molecule has 1 aliphatic rings. The first-order valence-corrected chi connectivity index (χ1v) is 8.67. The zero-order valence-corrected chi connectivity index (χ0v) is 13.9. The number of methoxy groups -OCH3 is 1. The Morgan fingerprint density at radius 1 is 1.36 bits per heavy atom. The molecule has 0 saturated carbocycles. The average molecular weight is 317 g/mol. The molecule has 118 valence electrons. The van der Waals surface area contributed by atoms with Crippen LogP contribution in [0.25, 0.3) is 10.6 Å². The van der Waals surface area contributed by atoms with Gasteiger partial charge >= 0.3 is 0 Å². The van der Waals surface area contributed by atoms with Crippen molar-refractivity contribution in [3.63, 3.8) is 0 Å². The van der Waals surface area contributed by atoms with Gasteiger partial charge in [0.25, 0.3) is 0 Å². The molecule has 0 bridgehead atoms. The SMILES string of the molecule is COc1cccc(-c2nc3c(s2)CN(CCCCN)CC3)c1. The van der Waals surface area contributed by atoms with E-state index in [0.29, 0.717) is 0 Å². The zero-order valence-electron chi connectivity index (χ0n) is 13.0. The fraction of sp³-hybridized carbons (Fsp3) is 0.471. The molecule has 0 fully saturated rings. The van der Waals surface area contributed by atoms with Crippen LogP contribution < -0.4 is 10.5 Å². The number of ether oxygens (including phenoxy) is 1. The molecule has 2 heterocycles. The van der Waals surface area contributed by atoms with Crippen LogP contribution in [0.1, 0.15) is 23.4 Å². The van der Waals surface area contributed by atoms with Gasteiger partial charge in [0.15, 0.2) is 0 Å². The maximum Gasteiger partial charge on any atom is 0.124 e. The van der Waals surface area contributed by atoms with E-state index >= 15 is 0 Å². The van der Waals surface area contributed by atoms with Crippen molar-refractivity contribution in [3.05, 3.63) is 34.8 Å². The van der Waals surface area contributed by atoms with Crippen LogP contribution in [0.3, 0.4) is 0 Å². The van der Waals surface area contributed by atoms with Crippen LogP contribution in [0.15, 0.2) is 24.3 Å². The number of hydrogen-bond donors (Lipinski definition) is 1. The van der Waals surface area contributed by atoms with Gasteiger partial charge in [-0.2, -0.15) is 0 Å². The summed E-state index contributed by atoms with van der Waals surface area (Å²) in [5.41, 5.74) is 8.00. The van der Waals surface area contributed by atoms with Crippen LogP contribution in [0, 0.1) is 0 Å². The molecular formula is C17H23N3OS. The topological polar surface area (TPSA) is 51.4 Å². The first kappa shape index (κ1) is 15.5. The van der Waals surface area contributed by atoms with E-state index < -0.39 is 0 Å². The van der Waals surface area contributed by atoms with Gasteiger partial charge in [-0.1, -0.05) is 12.1 Å². The lowest BCUT2D eigenvalue weighted by molar-refractivity contribution is 0.251. The monoisotopic (exact) mass is 317 g/mol. The Bertz CT molecular complexity index is 626. The fourth-order valence-corrected chi connectivity index (χ4v) is 3.95. The molecule has 22 heavy (non-hydrogen) atoms. The molecule has 0 radical (unpaired) electrons. The number of nitrogens with zero attached hydrogens (tertiary/aromatic N) is 2. The number of unbranched alkanes of at least 4 members (excludes halogenated alkanes) is 1. The second kappa shape index (κ2) is 7.22. The lowest BCUT2D eigenvalue weighted by Crippen LogP contribution is -2.31. The molecule has 0 amide bonds. The molecule has 1 aromatic heterocycles. The molecule has 0 aliphatic carbocycles. The molecule has 0 saturated heterocycles. The summed E-state index contributed by atoms with van der Waals surface area (Å²) < 4.78 is 5.31. The summed E-state index contributed by atoms with van der Waals surface area (Å²) in [5.74, 6) is 0.883. The molecule has 1 aliphatic heterocycles. The number of fused-ring (bicyclic) bond motifs is 1. The number of rotatable bonds is 6. The smallest absolute Gasteiger partial charge is 0.124 e. The maximum absolute atomic E-state index is 5.58. The van der Waals surface area contributed by atoms with Crippen LogP contribution in [-0.2, 0) is 13.0 Å². The predicted octanol–water partition coefficient (Wildman–Crippen LogP) is 2.92. The number of thiazole rings is 1. The highest BCUT2D eigenvalue weighted by Crippen LogP contribution is 2.33. The Morgan fingerprint density at radius 2 is 2.27 bits per heavy atom. The summed E-state index contributed by atoms with van der Waals surface area (Å²) in [5, 5.41) is 1.10. The standard InChI is InChI=1S/C17H23N3OS/c1-21-14-6-4-5-13(11-14)17-19-15-7-10-20(9-3-2-8-18)12-16(15)22-17/h4-6,11H,2-3,7-10,12,18H2,1H3. The van der Waals surface area contributed by atoms with Crippen molar-refractivity contribution < 1.29 is 4.74 Å². The quantitative estimate of drug-likeness (QED) is 0.832. The van der Waals surface area contributed by atoms with Gasteiger partial charge in [-0.25, -0.2) is 4.98 Å². The molecule has 3 rings (SSSR count). The molecule has 1 aromatic carbocycles. The lowest BCUT2D eigenvalue weighted by atomic mass is 10.1. The number of aromatic nitrogens is 1. The van der Waals surface area contributed by atoms with Gasteiger partial charge in [-0.3, -0.25) is 4.90 Å². The summed E-state index contributed by atoms with van der Waals surface area (Å²) in [4.78, 5) is 8.78. The Kier molecular flexibility index (Phi) is 5.08. The normalized spacial score (nSPS) is 14.8. The summed E-state index contributed by atoms with van der Waals surface area (Å²) >= 11 is 1.82. The third-order valence-corrected chi connectivity index (χ3v) is 5.19. The molecule has 2 N–H and O–H groups in total. The van der Waals surface area contributed by atoms with Crippen molar-refractivity contribution in [3.8, 4) is 16.3 Å². The van der Waals surface area contributed by atoms with Gasteiger partial charge < -0.3 is 10.5 Å². The second-order valence-electron chi connectivity index (χ2n) is 5.64. The van der Waals surface area contributed by atoms with Gasteiger partial charge in [-0.15, -0.1) is 11.3 Å². The van der Waals surface area contributed by atoms with Crippen LogP contribution in [0.2, 0.25) is 0 Å². The minimum Gasteiger partial charge on any atom is -0.497 e. The van der Waals surface area contributed by atoms with Crippen molar-refractivity contribution in [2.75, 3.05) is 26.7 Å². The number of hydrogen-bond acceptors (Lipinski definition) is 5. The lowest BCUT2D eigenvalue weighted by Gasteiger charge is -2.25. The van der Waals surface area contributed by atoms with E-state index in [0.717, 1.165) is 55.3 Å². The summed E-state index contributed by atoms with van der Waals surface area (Å²) in [6.45, 7) is 4.07. The molecule has 0 atom stereocenters. The van der Waals surface area contributed by atoms with Crippen molar-refractivity contribution in [1.82, 2.24) is 9.88 Å². The van der Waals surface area contributed by atoms with E-state index in [9.17, 15) is 0 Å². The number of benzene rings is 1. The van der Waals surface area contributed by atoms with Crippen molar-refractivity contribution >= 4 is 11.3 Å². The molecule has 0 unspecified atom stereocenters. The average Bonchev–Trinajstić information content (AvgIpc) is 2.98. The van der Waals surface area contributed by atoms with E-state index in [4.69, 9.17) is 15.5 Å². The third-order valence-electron chi connectivity index (χ3n) is 4.06. The van der Waals surface area contributed by atoms with E-state index in [1.165, 1.54) is 17.0 Å². The summed E-state index contributed by atoms with van der Waals surface area (Å²) in [6.07, 6.45) is 3.35. The Labute approximate surface area is 135 Å². The first-order chi connectivity index (χ1) is 10.8. The van der Waals surface area contributed by atoms with Crippen LogP contribution >= 0.6 is 11.3 Å². The van der Waals surface area contributed by atoms with Crippen molar-refractivity contribution in [2.24, 2.45) is 5.73 Å². The highest BCUT2D eigenvalue weighted by atomic mass is 32.1. The third kappa shape index (κ3) is 3.48. The van der Waals surface area contributed by atoms with Crippen LogP contribution in [0.4, 0.5) is 0 Å². The second-order valence-corrected chi connectivity index (χ2v) is 6.73. The van der Waals surface area contributed by atoms with E-state index in [1.54, 1.807) is 7.11 Å². The maximum atomic E-state index is 5.58. The highest BCUT2D eigenvalue weighted by Gasteiger charge is 2.20. The predicted molar refractivity (Wildman–Crippen MR) is 91.4 cm³/mol. The number of nitrogens with two attached hydrogens (primary N) is 1. The van der Waals surface area contributed by atoms with Crippen LogP contribution in [-0.4, -0.2) is 36.6 Å². The van der Waals surface area contributed by atoms with E-state index in [-0.39, 0.29) is 0 Å². The van der Waals surface area contributed by atoms with Gasteiger partial charge in [-0.05, 0) is 38.1 Å². The Balaban J connectivity index is 1.73. The van der Waals surface area contributed by atoms with Crippen LogP contribution in [0.5, 0.6) is 5.75 Å². The summed E-state index contributed by atoms with van der Waals surface area (Å²) in [6, 6.07) is 8.15.